The van der Waals surface area contributed by atoms with Crippen LogP contribution in [-0.2, 0) is 0 Å². The average Bonchev–Trinajstić information content (AvgIpc) is 2.15. The van der Waals surface area contributed by atoms with Crippen LogP contribution in [0.5, 0.6) is 0 Å². The smallest absolute Gasteiger partial charge is 0.230 e. The van der Waals surface area contributed by atoms with Gasteiger partial charge in [-0.25, -0.2) is 0 Å². The van der Waals surface area contributed by atoms with Crippen LogP contribution in [0.3, 0.4) is 0 Å². The highest BCUT2D eigenvalue weighted by Crippen LogP contribution is 2.02. The number of hydrogen-bond acceptors (Lipinski definition) is 2. The monoisotopic (exact) mass is 197 g/mol. The van der Waals surface area contributed by atoms with E-state index in [2.05, 4.69) is 19.1 Å². The standard InChI is InChI=1S/C11H19NO2/c1-2-3-4-5-6-7-8-9-10-11-12(13)14/h4-5,10-11H,2-3,6-9H2,1H3/b5-4-,11-10+. The molecule has 0 aliphatic carbocycles. The predicted octanol–water partition coefficient (Wildman–Crippen LogP) is 3.69. The van der Waals surface area contributed by atoms with Gasteiger partial charge < -0.3 is 0 Å². The molecule has 0 aromatic heterocycles. The van der Waals surface area contributed by atoms with Crippen LogP contribution in [0.4, 0.5) is 0 Å². The number of rotatable bonds is 8. The minimum absolute atomic E-state index is 0.416. The minimum Gasteiger partial charge on any atom is -0.259 e. The zero-order valence-corrected chi connectivity index (χ0v) is 8.82. The lowest BCUT2D eigenvalue weighted by Crippen LogP contribution is -1.82. The first-order valence-corrected chi connectivity index (χ1v) is 5.22. The van der Waals surface area contributed by atoms with Crippen molar-refractivity contribution >= 4 is 0 Å². The van der Waals surface area contributed by atoms with Crippen LogP contribution in [0, 0.1) is 10.1 Å². The highest BCUT2D eigenvalue weighted by molar-refractivity contribution is 4.81. The van der Waals surface area contributed by atoms with Crippen molar-refractivity contribution in [2.75, 3.05) is 0 Å². The maximum absolute atomic E-state index is 9.91. The van der Waals surface area contributed by atoms with Gasteiger partial charge in [-0.1, -0.05) is 25.5 Å². The van der Waals surface area contributed by atoms with Crippen LogP contribution >= 0.6 is 0 Å². The number of unbranched alkanes of at least 4 members (excludes halogenated alkanes) is 4. The highest BCUT2D eigenvalue weighted by atomic mass is 16.6. The normalized spacial score (nSPS) is 11.5. The first-order chi connectivity index (χ1) is 6.77. The van der Waals surface area contributed by atoms with E-state index >= 15 is 0 Å². The van der Waals surface area contributed by atoms with E-state index < -0.39 is 4.92 Å². The van der Waals surface area contributed by atoms with Crippen molar-refractivity contribution in [2.45, 2.75) is 45.4 Å². The Hall–Kier alpha value is -1.12. The molecule has 0 saturated heterocycles. The van der Waals surface area contributed by atoms with Gasteiger partial charge in [0.2, 0.25) is 6.20 Å². The lowest BCUT2D eigenvalue weighted by atomic mass is 10.2. The average molecular weight is 197 g/mol. The third kappa shape index (κ3) is 10.9. The molecule has 3 nitrogen and oxygen atoms in total. The van der Waals surface area contributed by atoms with Crippen molar-refractivity contribution in [2.24, 2.45) is 0 Å². The zero-order valence-electron chi connectivity index (χ0n) is 8.82. The van der Waals surface area contributed by atoms with Crippen LogP contribution in [0.1, 0.15) is 45.4 Å². The third-order valence-electron chi connectivity index (χ3n) is 1.84. The van der Waals surface area contributed by atoms with Crippen molar-refractivity contribution < 1.29 is 4.92 Å². The molecule has 0 amide bonds. The summed E-state index contributed by atoms with van der Waals surface area (Å²) in [5.41, 5.74) is 0. The second kappa shape index (κ2) is 9.96. The van der Waals surface area contributed by atoms with Crippen molar-refractivity contribution in [3.8, 4) is 0 Å². The first-order valence-electron chi connectivity index (χ1n) is 5.22. The summed E-state index contributed by atoms with van der Waals surface area (Å²) < 4.78 is 0. The predicted molar refractivity (Wildman–Crippen MR) is 58.7 cm³/mol. The van der Waals surface area contributed by atoms with Gasteiger partial charge in [-0.3, -0.25) is 10.1 Å². The molecule has 0 aromatic rings. The van der Waals surface area contributed by atoms with E-state index in [9.17, 15) is 10.1 Å². The molecule has 0 fully saturated rings. The summed E-state index contributed by atoms with van der Waals surface area (Å²) in [5, 5.41) is 9.91. The quantitative estimate of drug-likeness (QED) is 0.258. The number of hydrogen-bond donors (Lipinski definition) is 0. The molecule has 0 unspecified atom stereocenters. The SMILES string of the molecule is CCC/C=C\CCCC/C=C/[N+](=O)[O-]. The van der Waals surface area contributed by atoms with E-state index in [4.69, 9.17) is 0 Å². The van der Waals surface area contributed by atoms with Crippen molar-refractivity contribution in [1.29, 1.82) is 0 Å². The molecule has 0 aliphatic heterocycles. The molecule has 0 N–H and O–H groups in total. The summed E-state index contributed by atoms with van der Waals surface area (Å²) >= 11 is 0. The molecule has 0 radical (unpaired) electrons. The molecule has 3 heteroatoms. The van der Waals surface area contributed by atoms with Gasteiger partial charge in [-0.15, -0.1) is 0 Å². The third-order valence-corrected chi connectivity index (χ3v) is 1.84. The summed E-state index contributed by atoms with van der Waals surface area (Å²) in [5.74, 6) is 0. The van der Waals surface area contributed by atoms with Gasteiger partial charge in [-0.2, -0.15) is 0 Å². The second-order valence-corrected chi connectivity index (χ2v) is 3.21. The topological polar surface area (TPSA) is 43.1 Å². The van der Waals surface area contributed by atoms with E-state index in [0.29, 0.717) is 0 Å². The number of nitro groups is 1. The molecule has 0 aromatic carbocycles. The lowest BCUT2D eigenvalue weighted by Gasteiger charge is -1.91. The maximum Gasteiger partial charge on any atom is 0.230 e. The van der Waals surface area contributed by atoms with E-state index in [1.54, 1.807) is 6.08 Å². The summed E-state index contributed by atoms with van der Waals surface area (Å²) in [6.45, 7) is 2.16. The van der Waals surface area contributed by atoms with E-state index in [-0.39, 0.29) is 0 Å². The fourth-order valence-corrected chi connectivity index (χ4v) is 1.09. The molecule has 0 rings (SSSR count). The molecule has 0 bridgehead atoms. The molecular weight excluding hydrogens is 178 g/mol. The molecular formula is C11H19NO2. The molecule has 14 heavy (non-hydrogen) atoms. The van der Waals surface area contributed by atoms with Gasteiger partial charge in [-0.05, 0) is 38.2 Å². The van der Waals surface area contributed by atoms with E-state index in [0.717, 1.165) is 38.3 Å². The van der Waals surface area contributed by atoms with E-state index in [1.807, 2.05) is 0 Å². The summed E-state index contributed by atoms with van der Waals surface area (Å²) in [4.78, 5) is 9.50. The van der Waals surface area contributed by atoms with Crippen molar-refractivity contribution in [3.05, 3.63) is 34.5 Å². The molecule has 0 atom stereocenters. The largest absolute Gasteiger partial charge is 0.259 e. The Morgan fingerprint density at radius 3 is 2.21 bits per heavy atom. The lowest BCUT2D eigenvalue weighted by molar-refractivity contribution is -0.402. The Morgan fingerprint density at radius 1 is 1.07 bits per heavy atom. The highest BCUT2D eigenvalue weighted by Gasteiger charge is 1.86. The van der Waals surface area contributed by atoms with Gasteiger partial charge in [0.15, 0.2) is 0 Å². The fourth-order valence-electron chi connectivity index (χ4n) is 1.09. The Labute approximate surface area is 85.7 Å². The number of allylic oxidation sites excluding steroid dienone is 3. The number of nitrogens with zero attached hydrogens (tertiary/aromatic N) is 1. The second-order valence-electron chi connectivity index (χ2n) is 3.21. The van der Waals surface area contributed by atoms with Gasteiger partial charge in [0.25, 0.3) is 0 Å². The Balaban J connectivity index is 3.17. The van der Waals surface area contributed by atoms with Crippen LogP contribution in [0.2, 0.25) is 0 Å². The molecule has 0 saturated carbocycles. The molecule has 0 aliphatic rings. The van der Waals surface area contributed by atoms with E-state index in [1.165, 1.54) is 6.42 Å². The Bertz CT molecular complexity index is 197. The minimum atomic E-state index is -0.416. The van der Waals surface area contributed by atoms with Crippen molar-refractivity contribution in [1.82, 2.24) is 0 Å². The molecule has 80 valence electrons. The summed E-state index contributed by atoms with van der Waals surface area (Å²) in [6.07, 6.45) is 13.4. The van der Waals surface area contributed by atoms with Gasteiger partial charge >= 0.3 is 0 Å². The Morgan fingerprint density at radius 2 is 1.64 bits per heavy atom. The zero-order chi connectivity index (χ0) is 10.6. The van der Waals surface area contributed by atoms with Gasteiger partial charge in [0.05, 0.1) is 4.92 Å². The van der Waals surface area contributed by atoms with Crippen molar-refractivity contribution in [3.63, 3.8) is 0 Å². The summed E-state index contributed by atoms with van der Waals surface area (Å²) in [6, 6.07) is 0. The van der Waals surface area contributed by atoms with Crippen LogP contribution < -0.4 is 0 Å². The Kier molecular flexibility index (Phi) is 9.17. The molecule has 0 spiro atoms. The van der Waals surface area contributed by atoms with Crippen LogP contribution in [-0.4, -0.2) is 4.92 Å². The first kappa shape index (κ1) is 12.9. The fraction of sp³-hybridized carbons (Fsp3) is 0.636. The maximum atomic E-state index is 9.91. The summed E-state index contributed by atoms with van der Waals surface area (Å²) in [7, 11) is 0. The van der Waals surface area contributed by atoms with Crippen LogP contribution in [0.15, 0.2) is 24.4 Å². The molecule has 0 heterocycles. The van der Waals surface area contributed by atoms with Gasteiger partial charge in [0.1, 0.15) is 0 Å². The van der Waals surface area contributed by atoms with Gasteiger partial charge in [0, 0.05) is 0 Å². The van der Waals surface area contributed by atoms with Crippen LogP contribution in [0.25, 0.3) is 0 Å².